The lowest BCUT2D eigenvalue weighted by atomic mass is 9.83. The number of fused-ring (bicyclic) bond motifs is 1. The molecule has 3 rings (SSSR count). The summed E-state index contributed by atoms with van der Waals surface area (Å²) >= 11 is 0. The zero-order chi connectivity index (χ0) is 22.1. The minimum atomic E-state index is -3.44. The Morgan fingerprint density at radius 2 is 2.07 bits per heavy atom. The summed E-state index contributed by atoms with van der Waals surface area (Å²) < 4.78 is 37.7. The number of aromatic nitrogens is 2. The number of anilines is 1. The Labute approximate surface area is 176 Å². The summed E-state index contributed by atoms with van der Waals surface area (Å²) in [6.07, 6.45) is 4.46. The van der Waals surface area contributed by atoms with E-state index in [0.717, 1.165) is 11.9 Å². The third-order valence-electron chi connectivity index (χ3n) is 5.33. The molecule has 1 aliphatic rings. The van der Waals surface area contributed by atoms with Crippen molar-refractivity contribution >= 4 is 15.5 Å². The lowest BCUT2D eigenvalue weighted by Gasteiger charge is -2.34. The van der Waals surface area contributed by atoms with E-state index in [1.54, 1.807) is 18.3 Å². The van der Waals surface area contributed by atoms with Crippen molar-refractivity contribution in [2.45, 2.75) is 36.9 Å². The number of halogens is 1. The topological polar surface area (TPSA) is 109 Å². The van der Waals surface area contributed by atoms with Gasteiger partial charge in [-0.15, -0.1) is 0 Å². The van der Waals surface area contributed by atoms with E-state index < -0.39 is 21.9 Å². The minimum Gasteiger partial charge on any atom is -0.388 e. The summed E-state index contributed by atoms with van der Waals surface area (Å²) in [7, 11) is -3.44. The molecule has 0 spiro atoms. The van der Waals surface area contributed by atoms with Crippen LogP contribution in [0.5, 0.6) is 0 Å². The summed E-state index contributed by atoms with van der Waals surface area (Å²) in [5.41, 5.74) is 7.37. The highest BCUT2D eigenvalue weighted by molar-refractivity contribution is 7.90. The third-order valence-corrected chi connectivity index (χ3v) is 6.34. The molecule has 3 N–H and O–H groups in total. The first-order valence-electron chi connectivity index (χ1n) is 9.75. The first-order chi connectivity index (χ1) is 14.1. The van der Waals surface area contributed by atoms with Gasteiger partial charge in [0.25, 0.3) is 0 Å². The number of hydrogen-bond donors (Lipinski definition) is 2. The summed E-state index contributed by atoms with van der Waals surface area (Å²) in [5, 5.41) is 11.2. The largest absolute Gasteiger partial charge is 0.388 e. The number of aliphatic hydroxyl groups excluding tert-OH is 1. The van der Waals surface area contributed by atoms with Gasteiger partial charge in [0.2, 0.25) is 0 Å². The molecule has 3 unspecified atom stereocenters. The molecule has 9 heteroatoms. The van der Waals surface area contributed by atoms with Gasteiger partial charge in [0.1, 0.15) is 5.83 Å². The normalized spacial score (nSPS) is 20.5. The van der Waals surface area contributed by atoms with Gasteiger partial charge in [-0.05, 0) is 35.8 Å². The maximum absolute atomic E-state index is 14.4. The van der Waals surface area contributed by atoms with Gasteiger partial charge in [0, 0.05) is 31.2 Å². The second-order valence-electron chi connectivity index (χ2n) is 7.83. The molecule has 0 saturated heterocycles. The van der Waals surface area contributed by atoms with Crippen LogP contribution in [-0.2, 0) is 9.84 Å². The maximum Gasteiger partial charge on any atom is 0.192 e. The zero-order valence-electron chi connectivity index (χ0n) is 17.2. The molecule has 2 aromatic rings. The van der Waals surface area contributed by atoms with Gasteiger partial charge in [0.15, 0.2) is 14.9 Å². The second-order valence-corrected chi connectivity index (χ2v) is 9.79. The molecule has 3 atom stereocenters. The average Bonchev–Trinajstić information content (AvgIpc) is 3.01. The fourth-order valence-electron chi connectivity index (χ4n) is 4.07. The molecule has 0 bridgehead atoms. The minimum absolute atomic E-state index is 0.0349. The van der Waals surface area contributed by atoms with Crippen LogP contribution in [0.15, 0.2) is 53.6 Å². The number of rotatable bonds is 7. The van der Waals surface area contributed by atoms with Crippen molar-refractivity contribution in [1.29, 1.82) is 0 Å². The monoisotopic (exact) mass is 434 g/mol. The second kappa shape index (κ2) is 8.79. The number of pyridine rings is 2. The predicted octanol–water partition coefficient (Wildman–Crippen LogP) is 2.35. The lowest BCUT2D eigenvalue weighted by Crippen LogP contribution is -2.41. The third kappa shape index (κ3) is 4.38. The molecule has 0 fully saturated rings. The van der Waals surface area contributed by atoms with Gasteiger partial charge < -0.3 is 15.7 Å². The molecule has 0 aliphatic carbocycles. The molecule has 3 heterocycles. The van der Waals surface area contributed by atoms with Crippen molar-refractivity contribution < 1.29 is 17.9 Å². The Kier molecular flexibility index (Phi) is 6.54. The Bertz CT molecular complexity index is 1020. The number of nitrogens with two attached hydrogens (primary N) is 1. The number of nitrogens with zero attached hydrogens (tertiary/aromatic N) is 3. The Morgan fingerprint density at radius 3 is 2.63 bits per heavy atom. The fraction of sp³-hybridized carbons (Fsp3) is 0.429. The number of sulfone groups is 1. The fourth-order valence-corrected chi connectivity index (χ4v) is 4.63. The molecule has 1 aliphatic heterocycles. The molecule has 2 aromatic heterocycles. The lowest BCUT2D eigenvalue weighted by molar-refractivity contribution is 0.124. The van der Waals surface area contributed by atoms with Crippen LogP contribution >= 0.6 is 0 Å². The molecular weight excluding hydrogens is 407 g/mol. The average molecular weight is 435 g/mol. The van der Waals surface area contributed by atoms with Gasteiger partial charge in [0.05, 0.1) is 29.9 Å². The van der Waals surface area contributed by atoms with Crippen LogP contribution in [0.2, 0.25) is 0 Å². The standard InChI is InChI=1S/C21H27FN4O3S/c1-13(2)20-18(21(27)14-6-7-17(25-11-14)30(3,28)29)19-16(5-4-10-24-19)26(20)12-15(22)8-9-23/h4-8,10-11,13,18,20-21,27H,9,12,23H2,1-3H3/b15-8-. The molecular formula is C21H27FN4O3S. The van der Waals surface area contributed by atoms with Gasteiger partial charge >= 0.3 is 0 Å². The molecule has 0 radical (unpaired) electrons. The van der Waals surface area contributed by atoms with Crippen molar-refractivity contribution in [3.63, 3.8) is 0 Å². The molecule has 0 aromatic carbocycles. The van der Waals surface area contributed by atoms with E-state index in [0.29, 0.717) is 11.3 Å². The van der Waals surface area contributed by atoms with Crippen LogP contribution in [0.1, 0.15) is 37.1 Å². The van der Waals surface area contributed by atoms with Crippen LogP contribution in [0.4, 0.5) is 10.1 Å². The van der Waals surface area contributed by atoms with Crippen molar-refractivity contribution in [3.05, 3.63) is 59.8 Å². The van der Waals surface area contributed by atoms with Crippen molar-refractivity contribution in [2.75, 3.05) is 24.2 Å². The quantitative estimate of drug-likeness (QED) is 0.688. The highest BCUT2D eigenvalue weighted by Gasteiger charge is 2.45. The van der Waals surface area contributed by atoms with Crippen molar-refractivity contribution in [2.24, 2.45) is 11.7 Å². The molecule has 0 saturated carbocycles. The summed E-state index contributed by atoms with van der Waals surface area (Å²) in [5.74, 6) is -0.696. The van der Waals surface area contributed by atoms with Crippen LogP contribution in [-0.4, -0.2) is 48.9 Å². The van der Waals surface area contributed by atoms with E-state index in [1.165, 1.54) is 18.3 Å². The van der Waals surface area contributed by atoms with E-state index in [2.05, 4.69) is 9.97 Å². The zero-order valence-corrected chi connectivity index (χ0v) is 18.1. The summed E-state index contributed by atoms with van der Waals surface area (Å²) in [6, 6.07) is 6.37. The van der Waals surface area contributed by atoms with E-state index in [1.807, 2.05) is 24.8 Å². The molecule has 30 heavy (non-hydrogen) atoms. The Balaban J connectivity index is 2.03. The van der Waals surface area contributed by atoms with Crippen LogP contribution in [0.3, 0.4) is 0 Å². The van der Waals surface area contributed by atoms with Crippen molar-refractivity contribution in [1.82, 2.24) is 9.97 Å². The van der Waals surface area contributed by atoms with Gasteiger partial charge in [-0.3, -0.25) is 4.98 Å². The van der Waals surface area contributed by atoms with Crippen molar-refractivity contribution in [3.8, 4) is 0 Å². The number of hydrogen-bond acceptors (Lipinski definition) is 7. The van der Waals surface area contributed by atoms with Crippen LogP contribution in [0, 0.1) is 5.92 Å². The van der Waals surface area contributed by atoms with E-state index in [9.17, 15) is 17.9 Å². The molecule has 7 nitrogen and oxygen atoms in total. The first-order valence-corrected chi connectivity index (χ1v) is 11.6. The van der Waals surface area contributed by atoms with E-state index >= 15 is 0 Å². The smallest absolute Gasteiger partial charge is 0.192 e. The SMILES string of the molecule is CC(C)C1C(C(O)c2ccc(S(C)(=O)=O)nc2)c2ncccc2N1C/C(F)=C/CN. The Morgan fingerprint density at radius 1 is 1.33 bits per heavy atom. The molecule has 0 amide bonds. The van der Waals surface area contributed by atoms with Gasteiger partial charge in [-0.25, -0.2) is 17.8 Å². The highest BCUT2D eigenvalue weighted by Crippen LogP contribution is 2.48. The van der Waals surface area contributed by atoms with Gasteiger partial charge in [-0.2, -0.15) is 0 Å². The first kappa shape index (κ1) is 22.3. The van der Waals surface area contributed by atoms with Gasteiger partial charge in [-0.1, -0.05) is 19.9 Å². The summed E-state index contributed by atoms with van der Waals surface area (Å²) in [6.45, 7) is 4.17. The highest BCUT2D eigenvalue weighted by atomic mass is 32.2. The predicted molar refractivity (Wildman–Crippen MR) is 114 cm³/mol. The molecule has 162 valence electrons. The van der Waals surface area contributed by atoms with E-state index in [-0.39, 0.29) is 35.9 Å². The van der Waals surface area contributed by atoms with E-state index in [4.69, 9.17) is 5.73 Å². The van der Waals surface area contributed by atoms with Crippen LogP contribution < -0.4 is 10.6 Å². The number of aliphatic hydroxyl groups is 1. The van der Waals surface area contributed by atoms with Crippen LogP contribution in [0.25, 0.3) is 0 Å². The maximum atomic E-state index is 14.4. The summed E-state index contributed by atoms with van der Waals surface area (Å²) in [4.78, 5) is 10.4. The Hall–Kier alpha value is -2.36.